The van der Waals surface area contributed by atoms with Crippen LogP contribution in [0.4, 0.5) is 21.5 Å². The summed E-state index contributed by atoms with van der Waals surface area (Å²) in [6.07, 6.45) is 2.35. The van der Waals surface area contributed by atoms with Crippen molar-refractivity contribution in [1.82, 2.24) is 43.4 Å². The van der Waals surface area contributed by atoms with Crippen molar-refractivity contribution in [3.8, 4) is 40.8 Å². The van der Waals surface area contributed by atoms with Crippen LogP contribution in [-0.2, 0) is 20.0 Å². The molecule has 0 radical (unpaired) electrons. The van der Waals surface area contributed by atoms with Crippen LogP contribution in [0.1, 0.15) is 25.2 Å². The number of hydrogen-bond acceptors (Lipinski definition) is 19. The summed E-state index contributed by atoms with van der Waals surface area (Å²) in [7, 11) is -2.44. The highest BCUT2D eigenvalue weighted by molar-refractivity contribution is 7.90. The Kier molecular flexibility index (Phi) is 16.6. The van der Waals surface area contributed by atoms with E-state index in [0.29, 0.717) is 47.5 Å². The first-order valence-corrected chi connectivity index (χ1v) is 22.5. The van der Waals surface area contributed by atoms with E-state index in [0.717, 1.165) is 0 Å². The summed E-state index contributed by atoms with van der Waals surface area (Å²) in [5, 5.41) is 9.60. The number of aryl methyl sites for hydroxylation is 2. The van der Waals surface area contributed by atoms with Gasteiger partial charge in [-0.1, -0.05) is 18.2 Å². The Morgan fingerprint density at radius 3 is 1.46 bits per heavy atom. The Morgan fingerprint density at radius 1 is 0.597 bits per heavy atom. The van der Waals surface area contributed by atoms with E-state index in [1.165, 1.54) is 62.5 Å². The number of amides is 3. The highest BCUT2D eigenvalue weighted by Gasteiger charge is 2.26. The Balaban J connectivity index is 0.000000198. The monoisotopic (exact) mass is 966 g/mol. The number of urea groups is 1. The van der Waals surface area contributed by atoms with E-state index in [2.05, 4.69) is 40.5 Å². The second-order valence-electron chi connectivity index (χ2n) is 13.0. The largest absolute Gasteiger partial charge is 0.492 e. The zero-order valence-electron chi connectivity index (χ0n) is 37.2. The molecule has 7 rings (SSSR count). The maximum Gasteiger partial charge on any atom is 0.419 e. The van der Waals surface area contributed by atoms with Gasteiger partial charge in [-0.25, -0.2) is 37.8 Å². The maximum absolute atomic E-state index is 12.9. The number of hydrogen-bond donors (Lipinski definition) is 4. The molecule has 0 saturated carbocycles. The topological polar surface area (TPSA) is 315 Å². The van der Waals surface area contributed by atoms with Gasteiger partial charge in [0.25, 0.3) is 20.0 Å². The summed E-state index contributed by atoms with van der Waals surface area (Å²) in [5.41, 5.74) is 1.50. The molecule has 6 aromatic heterocycles. The number of anilines is 2. The average Bonchev–Trinajstić information content (AvgIpc) is 3.81. The predicted octanol–water partition coefficient (Wildman–Crippen LogP) is 4.15. The molecule has 0 aliphatic carbocycles. The third-order valence-electron chi connectivity index (χ3n) is 8.38. The van der Waals surface area contributed by atoms with Crippen molar-refractivity contribution in [2.24, 2.45) is 5.14 Å². The number of fused-ring (bicyclic) bond motifs is 2. The van der Waals surface area contributed by atoms with Gasteiger partial charge in [0.1, 0.15) is 28.5 Å². The van der Waals surface area contributed by atoms with Crippen molar-refractivity contribution in [3.05, 3.63) is 90.5 Å². The van der Waals surface area contributed by atoms with Gasteiger partial charge in [-0.15, -0.1) is 0 Å². The molecule has 0 bridgehead atoms. The number of carbonyl (C=O) groups is 2. The summed E-state index contributed by atoms with van der Waals surface area (Å²) in [5.74, 6) is 2.07. The summed E-state index contributed by atoms with van der Waals surface area (Å²) in [6.45, 7) is 7.70. The number of benzene rings is 1. The standard InChI is InChI=1S/C17H20N6O6S.C13H13N3O4.C10H13N3O3S/c1-5-29-11-6-7-12-18-10(2)15(23(12)9-11)30(25,26)22-17(24)21-16-19-13(27-3)8-14(20-16)28-4;1-18-10-8-11(19-2)15-12(14-10)16-13(17)20-9-6-4-3-5-7-9;1-3-16-8-4-5-9-12-7(2)10(13(9)6-8)17(11,14)15/h6-9H,5H2,1-4H3,(H2,19,20,21,22,24);3-8H,1-2H3,(H,14,15,16,17);4-6H,3H2,1-2H3,(H2,11,14,15). The Labute approximate surface area is 383 Å². The summed E-state index contributed by atoms with van der Waals surface area (Å²) >= 11 is 0. The molecule has 0 aliphatic heterocycles. The van der Waals surface area contributed by atoms with Gasteiger partial charge in [-0.3, -0.25) is 19.4 Å². The van der Waals surface area contributed by atoms with E-state index in [1.807, 2.05) is 24.6 Å². The number of nitrogens with zero attached hydrogens (tertiary/aromatic N) is 8. The number of rotatable bonds is 14. The molecule has 0 spiro atoms. The fourth-order valence-electron chi connectivity index (χ4n) is 5.76. The molecule has 7 aromatic rings. The number of pyridine rings is 2. The lowest BCUT2D eigenvalue weighted by Gasteiger charge is -2.10. The molecule has 3 amide bonds. The average molecular weight is 967 g/mol. The molecule has 25 nitrogen and oxygen atoms in total. The van der Waals surface area contributed by atoms with Crippen LogP contribution in [0.3, 0.4) is 0 Å². The van der Waals surface area contributed by atoms with Crippen LogP contribution < -0.4 is 53.7 Å². The number of aromatic nitrogens is 8. The second kappa shape index (κ2) is 22.2. The molecule has 356 valence electrons. The predicted molar refractivity (Wildman–Crippen MR) is 239 cm³/mol. The Hall–Kier alpha value is -8.04. The van der Waals surface area contributed by atoms with E-state index >= 15 is 0 Å². The lowest BCUT2D eigenvalue weighted by atomic mass is 10.3. The van der Waals surface area contributed by atoms with E-state index < -0.39 is 32.2 Å². The maximum atomic E-state index is 12.9. The minimum absolute atomic E-state index is 0.00551. The number of para-hydroxylation sites is 1. The number of sulfonamides is 2. The molecule has 67 heavy (non-hydrogen) atoms. The van der Waals surface area contributed by atoms with Crippen molar-refractivity contribution in [3.63, 3.8) is 0 Å². The minimum Gasteiger partial charge on any atom is -0.492 e. The number of methoxy groups -OCH3 is 4. The van der Waals surface area contributed by atoms with Crippen molar-refractivity contribution < 1.29 is 59.6 Å². The van der Waals surface area contributed by atoms with Gasteiger partial charge in [0.05, 0.1) is 77.6 Å². The normalized spacial score (nSPS) is 10.9. The zero-order valence-corrected chi connectivity index (χ0v) is 38.8. The van der Waals surface area contributed by atoms with E-state index in [9.17, 15) is 26.4 Å². The zero-order chi connectivity index (χ0) is 48.9. The summed E-state index contributed by atoms with van der Waals surface area (Å²) in [6, 6.07) is 17.2. The second-order valence-corrected chi connectivity index (χ2v) is 16.1. The van der Waals surface area contributed by atoms with Gasteiger partial charge in [0.2, 0.25) is 35.4 Å². The third-order valence-corrected chi connectivity index (χ3v) is 10.9. The quantitative estimate of drug-likeness (QED) is 0.119. The van der Waals surface area contributed by atoms with Gasteiger partial charge in [0.15, 0.2) is 10.1 Å². The number of imidazole rings is 2. The van der Waals surface area contributed by atoms with Crippen molar-refractivity contribution in [2.45, 2.75) is 37.7 Å². The van der Waals surface area contributed by atoms with E-state index in [1.54, 1.807) is 61.7 Å². The number of carbonyl (C=O) groups excluding carboxylic acids is 2. The molecule has 27 heteroatoms. The molecule has 0 aliphatic rings. The minimum atomic E-state index is -4.29. The molecule has 5 N–H and O–H groups in total. The van der Waals surface area contributed by atoms with Crippen LogP contribution in [-0.4, -0.2) is 109 Å². The van der Waals surface area contributed by atoms with Gasteiger partial charge in [-0.2, -0.15) is 28.4 Å². The van der Waals surface area contributed by atoms with Crippen LogP contribution >= 0.6 is 0 Å². The fourth-order valence-corrected chi connectivity index (χ4v) is 7.87. The number of ether oxygens (including phenoxy) is 7. The fraction of sp³-hybridized carbons (Fsp3) is 0.250. The highest BCUT2D eigenvalue weighted by Crippen LogP contribution is 2.24. The number of primary sulfonamides is 1. The van der Waals surface area contributed by atoms with E-state index in [-0.39, 0.29) is 51.2 Å². The molecule has 0 fully saturated rings. The molecule has 0 unspecified atom stereocenters. The van der Waals surface area contributed by atoms with Crippen LogP contribution in [0.15, 0.2) is 89.2 Å². The van der Waals surface area contributed by atoms with Gasteiger partial charge in [0, 0.05) is 0 Å². The van der Waals surface area contributed by atoms with Crippen molar-refractivity contribution in [2.75, 3.05) is 52.3 Å². The summed E-state index contributed by atoms with van der Waals surface area (Å²) < 4.78 is 89.1. The van der Waals surface area contributed by atoms with Gasteiger partial charge < -0.3 is 33.2 Å². The van der Waals surface area contributed by atoms with Gasteiger partial charge in [-0.05, 0) is 64.1 Å². The lowest BCUT2D eigenvalue weighted by Crippen LogP contribution is -2.35. The van der Waals surface area contributed by atoms with Crippen LogP contribution in [0.25, 0.3) is 11.3 Å². The Morgan fingerprint density at radius 2 is 1.03 bits per heavy atom. The molecular weight excluding hydrogens is 921 g/mol. The highest BCUT2D eigenvalue weighted by atomic mass is 32.2. The summed E-state index contributed by atoms with van der Waals surface area (Å²) in [4.78, 5) is 48.1. The molecule has 6 heterocycles. The van der Waals surface area contributed by atoms with E-state index in [4.69, 9.17) is 38.3 Å². The lowest BCUT2D eigenvalue weighted by molar-refractivity contribution is 0.215. The van der Waals surface area contributed by atoms with Crippen LogP contribution in [0.5, 0.6) is 40.8 Å². The van der Waals surface area contributed by atoms with Crippen molar-refractivity contribution in [1.29, 1.82) is 0 Å². The molecule has 1 aromatic carbocycles. The molecule has 0 saturated heterocycles. The number of nitrogens with two attached hydrogens (primary N) is 1. The molecular formula is C40H46N12O13S2. The van der Waals surface area contributed by atoms with Gasteiger partial charge >= 0.3 is 12.1 Å². The Bertz CT molecular complexity index is 3030. The van der Waals surface area contributed by atoms with Crippen LogP contribution in [0.2, 0.25) is 0 Å². The van der Waals surface area contributed by atoms with Crippen LogP contribution in [0, 0.1) is 13.8 Å². The SMILES string of the molecule is CCOc1ccc2nc(C)c(S(=O)(=O)NC(=O)Nc3nc(OC)cc(OC)n3)n2c1.CCOc1ccc2nc(C)c(S(N)(=O)=O)n2c1.COc1cc(OC)nc(NC(=O)Oc2ccccc2)n1. The first-order valence-electron chi connectivity index (χ1n) is 19.5. The third kappa shape index (κ3) is 13.3. The first kappa shape index (κ1) is 50.0. The smallest absolute Gasteiger partial charge is 0.419 e. The molecule has 0 atom stereocenters. The van der Waals surface area contributed by atoms with Crippen molar-refractivity contribution >= 4 is 55.4 Å². The number of nitrogens with one attached hydrogen (secondary N) is 3. The first-order chi connectivity index (χ1) is 31.9.